The summed E-state index contributed by atoms with van der Waals surface area (Å²) < 4.78 is 0. The lowest BCUT2D eigenvalue weighted by atomic mass is 10.0. The van der Waals surface area contributed by atoms with Gasteiger partial charge in [-0.25, -0.2) is 0 Å². The van der Waals surface area contributed by atoms with Crippen molar-refractivity contribution in [2.24, 2.45) is 0 Å². The van der Waals surface area contributed by atoms with Gasteiger partial charge in [-0.15, -0.1) is 10.1 Å². The molecule has 0 unspecified atom stereocenters. The zero-order valence-corrected chi connectivity index (χ0v) is 7.63. The maximum absolute atomic E-state index is 9.90. The van der Waals surface area contributed by atoms with Gasteiger partial charge in [-0.05, 0) is 0 Å². The highest BCUT2D eigenvalue weighted by Gasteiger charge is 2.33. The van der Waals surface area contributed by atoms with Gasteiger partial charge in [0.25, 0.3) is 5.09 Å². The number of aliphatic hydroxyl groups excluding tert-OH is 5. The minimum Gasteiger partial charge on any atom is -0.394 e. The first-order valence-electron chi connectivity index (χ1n) is 4.01. The van der Waals surface area contributed by atoms with Crippen LogP contribution < -0.4 is 0 Å². The van der Waals surface area contributed by atoms with E-state index in [0.29, 0.717) is 0 Å². The minimum atomic E-state index is -1.89. The Bertz CT molecular complexity index is 200. The molecule has 0 aromatic carbocycles. The van der Waals surface area contributed by atoms with Crippen LogP contribution in [-0.4, -0.2) is 68.2 Å². The van der Waals surface area contributed by atoms with Crippen LogP contribution in [0.3, 0.4) is 0 Å². The van der Waals surface area contributed by atoms with Crippen LogP contribution in [-0.2, 0) is 4.84 Å². The first-order valence-corrected chi connectivity index (χ1v) is 4.01. The van der Waals surface area contributed by atoms with E-state index in [-0.39, 0.29) is 0 Å². The Morgan fingerprint density at radius 1 is 1.13 bits per heavy atom. The number of hydrogen-bond acceptors (Lipinski definition) is 8. The quantitative estimate of drug-likeness (QED) is 0.223. The SMILES string of the molecule is O=[N+]([O-])O[C@@H](CO)[C@@H](O)[C@H](O)[C@H](O)CO. The van der Waals surface area contributed by atoms with Crippen molar-refractivity contribution in [2.75, 3.05) is 13.2 Å². The second kappa shape index (κ2) is 6.48. The highest BCUT2D eigenvalue weighted by atomic mass is 17.0. The first kappa shape index (κ1) is 14.0. The molecule has 0 aromatic heterocycles. The van der Waals surface area contributed by atoms with E-state index in [1.165, 1.54) is 0 Å². The molecule has 0 aliphatic carbocycles. The topological polar surface area (TPSA) is 154 Å². The molecule has 0 spiro atoms. The third-order valence-corrected chi connectivity index (χ3v) is 1.71. The van der Waals surface area contributed by atoms with Crippen molar-refractivity contribution < 1.29 is 35.5 Å². The van der Waals surface area contributed by atoms with E-state index in [1.807, 2.05) is 0 Å². The standard InChI is InChI=1S/C6H13NO8/c8-1-3(10)5(11)6(12)4(2-9)15-7(13)14/h3-6,8-12H,1-2H2/t3-,4+,5-,6-/m1/s1. The van der Waals surface area contributed by atoms with E-state index in [1.54, 1.807) is 0 Å². The molecule has 0 amide bonds. The van der Waals surface area contributed by atoms with Gasteiger partial charge < -0.3 is 30.4 Å². The third kappa shape index (κ3) is 4.36. The Morgan fingerprint density at radius 2 is 1.67 bits per heavy atom. The van der Waals surface area contributed by atoms with Gasteiger partial charge in [0.15, 0.2) is 6.10 Å². The molecule has 0 saturated carbocycles. The lowest BCUT2D eigenvalue weighted by Crippen LogP contribution is -2.48. The van der Waals surface area contributed by atoms with Gasteiger partial charge in [-0.2, -0.15) is 0 Å². The fraction of sp³-hybridized carbons (Fsp3) is 1.00. The normalized spacial score (nSPS) is 19.0. The molecule has 9 heteroatoms. The van der Waals surface area contributed by atoms with Crippen LogP contribution in [0, 0.1) is 10.1 Å². The average Bonchev–Trinajstić information content (AvgIpc) is 2.22. The van der Waals surface area contributed by atoms with Crippen LogP contribution in [0.25, 0.3) is 0 Å². The summed E-state index contributed by atoms with van der Waals surface area (Å²) >= 11 is 0. The zero-order valence-electron chi connectivity index (χ0n) is 7.63. The maximum Gasteiger partial charge on any atom is 0.294 e. The molecule has 0 aliphatic rings. The van der Waals surface area contributed by atoms with E-state index in [0.717, 1.165) is 0 Å². The minimum absolute atomic E-state index is 0.838. The molecular weight excluding hydrogens is 214 g/mol. The second-order valence-corrected chi connectivity index (χ2v) is 2.78. The lowest BCUT2D eigenvalue weighted by molar-refractivity contribution is -0.771. The van der Waals surface area contributed by atoms with Gasteiger partial charge >= 0.3 is 0 Å². The van der Waals surface area contributed by atoms with E-state index >= 15 is 0 Å². The Labute approximate surface area is 84.3 Å². The van der Waals surface area contributed by atoms with Gasteiger partial charge in [0.05, 0.1) is 13.2 Å². The summed E-state index contributed by atoms with van der Waals surface area (Å²) in [6.07, 6.45) is -7.10. The van der Waals surface area contributed by atoms with Gasteiger partial charge in [-0.3, -0.25) is 0 Å². The van der Waals surface area contributed by atoms with Crippen LogP contribution in [0.1, 0.15) is 0 Å². The van der Waals surface area contributed by atoms with Crippen molar-refractivity contribution >= 4 is 0 Å². The molecular formula is C6H13NO8. The number of aliphatic hydroxyl groups is 5. The summed E-state index contributed by atoms with van der Waals surface area (Å²) in [5, 5.41) is 52.9. The van der Waals surface area contributed by atoms with Crippen LogP contribution in [0.4, 0.5) is 0 Å². The summed E-state index contributed by atoms with van der Waals surface area (Å²) in [6, 6.07) is 0. The number of nitrogens with zero attached hydrogens (tertiary/aromatic N) is 1. The fourth-order valence-electron chi connectivity index (χ4n) is 0.870. The predicted octanol–water partition coefficient (Wildman–Crippen LogP) is -3.37. The molecule has 0 radical (unpaired) electrons. The molecule has 0 saturated heterocycles. The molecule has 0 bridgehead atoms. The summed E-state index contributed by atoms with van der Waals surface area (Å²) in [4.78, 5) is 13.7. The third-order valence-electron chi connectivity index (χ3n) is 1.71. The van der Waals surface area contributed by atoms with Crippen LogP contribution in [0.2, 0.25) is 0 Å². The van der Waals surface area contributed by atoms with Crippen LogP contribution >= 0.6 is 0 Å². The first-order chi connectivity index (χ1) is 6.93. The maximum atomic E-state index is 9.90. The van der Waals surface area contributed by atoms with Gasteiger partial charge in [0.1, 0.15) is 18.3 Å². The number of rotatable bonds is 7. The lowest BCUT2D eigenvalue weighted by Gasteiger charge is -2.25. The molecule has 4 atom stereocenters. The summed E-state index contributed by atoms with van der Waals surface area (Å²) in [6.45, 7) is -1.76. The smallest absolute Gasteiger partial charge is 0.294 e. The molecule has 0 rings (SSSR count). The monoisotopic (exact) mass is 227 g/mol. The largest absolute Gasteiger partial charge is 0.394 e. The van der Waals surface area contributed by atoms with Crippen LogP contribution in [0.15, 0.2) is 0 Å². The van der Waals surface area contributed by atoms with Crippen molar-refractivity contribution in [1.29, 1.82) is 0 Å². The van der Waals surface area contributed by atoms with Crippen molar-refractivity contribution in [3.8, 4) is 0 Å². The van der Waals surface area contributed by atoms with Crippen molar-refractivity contribution in [3.05, 3.63) is 10.1 Å². The molecule has 0 aliphatic heterocycles. The highest BCUT2D eigenvalue weighted by molar-refractivity contribution is 4.80. The van der Waals surface area contributed by atoms with Crippen molar-refractivity contribution in [3.63, 3.8) is 0 Å². The molecule has 90 valence electrons. The van der Waals surface area contributed by atoms with E-state index < -0.39 is 42.7 Å². The van der Waals surface area contributed by atoms with E-state index in [2.05, 4.69) is 4.84 Å². The Balaban J connectivity index is 4.35. The highest BCUT2D eigenvalue weighted by Crippen LogP contribution is 2.08. The zero-order chi connectivity index (χ0) is 12.0. The summed E-state index contributed by atoms with van der Waals surface area (Å²) in [7, 11) is 0. The van der Waals surface area contributed by atoms with E-state index in [4.69, 9.17) is 20.4 Å². The average molecular weight is 227 g/mol. The fourth-order valence-corrected chi connectivity index (χ4v) is 0.870. The molecule has 9 nitrogen and oxygen atoms in total. The van der Waals surface area contributed by atoms with Crippen molar-refractivity contribution in [2.45, 2.75) is 24.4 Å². The second-order valence-electron chi connectivity index (χ2n) is 2.78. The van der Waals surface area contributed by atoms with Crippen LogP contribution in [0.5, 0.6) is 0 Å². The predicted molar refractivity (Wildman–Crippen MR) is 44.1 cm³/mol. The Kier molecular flexibility index (Phi) is 6.05. The number of hydrogen-bond donors (Lipinski definition) is 5. The van der Waals surface area contributed by atoms with Gasteiger partial charge in [0.2, 0.25) is 0 Å². The Morgan fingerprint density at radius 3 is 2.00 bits per heavy atom. The van der Waals surface area contributed by atoms with Gasteiger partial charge in [0, 0.05) is 0 Å². The molecule has 0 heterocycles. The molecule has 0 fully saturated rings. The van der Waals surface area contributed by atoms with E-state index in [9.17, 15) is 15.2 Å². The molecule has 5 N–H and O–H groups in total. The summed E-state index contributed by atoms with van der Waals surface area (Å²) in [5.74, 6) is 0. The summed E-state index contributed by atoms with van der Waals surface area (Å²) in [5.41, 5.74) is 0. The van der Waals surface area contributed by atoms with Gasteiger partial charge in [-0.1, -0.05) is 0 Å². The van der Waals surface area contributed by atoms with Crippen molar-refractivity contribution in [1.82, 2.24) is 0 Å². The molecule has 15 heavy (non-hydrogen) atoms. The Hall–Kier alpha value is -1.00. The molecule has 0 aromatic rings.